The van der Waals surface area contributed by atoms with E-state index in [4.69, 9.17) is 11.6 Å². The highest BCUT2D eigenvalue weighted by Crippen LogP contribution is 2.22. The molecule has 110 valence electrons. The molecule has 1 amide bonds. The van der Waals surface area contributed by atoms with Crippen molar-refractivity contribution in [2.45, 2.75) is 6.54 Å². The van der Waals surface area contributed by atoms with E-state index in [2.05, 4.69) is 21.7 Å². The van der Waals surface area contributed by atoms with Gasteiger partial charge in [-0.1, -0.05) is 17.7 Å². The van der Waals surface area contributed by atoms with Crippen LogP contribution >= 0.6 is 22.9 Å². The summed E-state index contributed by atoms with van der Waals surface area (Å²) in [5, 5.41) is 7.54. The molecular formula is C17H13ClN2OS. The first-order valence-electron chi connectivity index (χ1n) is 6.72. The number of aromatic nitrogens is 1. The van der Waals surface area contributed by atoms with Gasteiger partial charge in [0.2, 0.25) is 0 Å². The topological polar surface area (TPSA) is 42.0 Å². The smallest absolute Gasteiger partial charge is 0.251 e. The summed E-state index contributed by atoms with van der Waals surface area (Å²) in [6, 6.07) is 11.0. The minimum Gasteiger partial charge on any atom is -0.348 e. The number of amides is 1. The minimum absolute atomic E-state index is 0.150. The van der Waals surface area contributed by atoms with Crippen molar-refractivity contribution in [3.05, 3.63) is 75.7 Å². The second kappa shape index (κ2) is 6.73. The van der Waals surface area contributed by atoms with Crippen LogP contribution in [0.15, 0.2) is 59.6 Å². The Labute approximate surface area is 137 Å². The third-order valence-electron chi connectivity index (χ3n) is 3.19. The Morgan fingerprint density at radius 1 is 1.18 bits per heavy atom. The molecule has 0 aliphatic carbocycles. The van der Waals surface area contributed by atoms with Gasteiger partial charge in [-0.05, 0) is 52.2 Å². The van der Waals surface area contributed by atoms with Crippen LogP contribution in [0.1, 0.15) is 15.9 Å². The highest BCUT2D eigenvalue weighted by atomic mass is 35.5. The summed E-state index contributed by atoms with van der Waals surface area (Å²) < 4.78 is 0. The van der Waals surface area contributed by atoms with Crippen molar-refractivity contribution in [1.82, 2.24) is 10.3 Å². The van der Waals surface area contributed by atoms with Crippen LogP contribution in [0.2, 0.25) is 5.02 Å². The molecule has 2 aromatic heterocycles. The van der Waals surface area contributed by atoms with E-state index in [1.54, 1.807) is 41.8 Å². The van der Waals surface area contributed by atoms with Gasteiger partial charge in [-0.15, -0.1) is 0 Å². The molecule has 1 aromatic carbocycles. The van der Waals surface area contributed by atoms with E-state index < -0.39 is 0 Å². The lowest BCUT2D eigenvalue weighted by Gasteiger charge is -2.07. The van der Waals surface area contributed by atoms with Crippen LogP contribution in [-0.4, -0.2) is 10.9 Å². The zero-order valence-corrected chi connectivity index (χ0v) is 13.2. The van der Waals surface area contributed by atoms with E-state index in [1.165, 1.54) is 0 Å². The van der Waals surface area contributed by atoms with Gasteiger partial charge >= 0.3 is 0 Å². The Bertz CT molecular complexity index is 787. The number of nitrogens with one attached hydrogen (secondary N) is 1. The summed E-state index contributed by atoms with van der Waals surface area (Å²) >= 11 is 7.54. The summed E-state index contributed by atoms with van der Waals surface area (Å²) in [7, 11) is 0. The average molecular weight is 329 g/mol. The standard InChI is InChI=1S/C17H13ClN2OS/c18-16-3-1-2-13(7-16)17(21)20-9-12-6-15(10-19-8-12)14-4-5-22-11-14/h1-8,10-11H,9H2,(H,20,21). The van der Waals surface area contributed by atoms with Gasteiger partial charge in [-0.2, -0.15) is 11.3 Å². The summed E-state index contributed by atoms with van der Waals surface area (Å²) in [6.45, 7) is 0.427. The Hall–Kier alpha value is -2.17. The van der Waals surface area contributed by atoms with Crippen molar-refractivity contribution < 1.29 is 4.79 Å². The van der Waals surface area contributed by atoms with Crippen LogP contribution in [0.3, 0.4) is 0 Å². The third-order valence-corrected chi connectivity index (χ3v) is 4.11. The fourth-order valence-corrected chi connectivity index (χ4v) is 2.94. The van der Waals surface area contributed by atoms with E-state index in [1.807, 2.05) is 17.6 Å². The molecule has 3 aromatic rings. The highest BCUT2D eigenvalue weighted by molar-refractivity contribution is 7.08. The van der Waals surface area contributed by atoms with Crippen LogP contribution < -0.4 is 5.32 Å². The van der Waals surface area contributed by atoms with Crippen LogP contribution in [0, 0.1) is 0 Å². The van der Waals surface area contributed by atoms with Crippen molar-refractivity contribution in [1.29, 1.82) is 0 Å². The minimum atomic E-state index is -0.150. The Balaban J connectivity index is 1.69. The zero-order valence-electron chi connectivity index (χ0n) is 11.6. The molecule has 22 heavy (non-hydrogen) atoms. The van der Waals surface area contributed by atoms with Crippen LogP contribution in [0.5, 0.6) is 0 Å². The number of hydrogen-bond acceptors (Lipinski definition) is 3. The van der Waals surface area contributed by atoms with Crippen molar-refractivity contribution in [3.8, 4) is 11.1 Å². The first-order chi connectivity index (χ1) is 10.7. The van der Waals surface area contributed by atoms with Gasteiger partial charge in [-0.3, -0.25) is 9.78 Å². The fraction of sp³-hybridized carbons (Fsp3) is 0.0588. The van der Waals surface area contributed by atoms with E-state index >= 15 is 0 Å². The van der Waals surface area contributed by atoms with Gasteiger partial charge < -0.3 is 5.32 Å². The highest BCUT2D eigenvalue weighted by Gasteiger charge is 2.06. The predicted octanol–water partition coefficient (Wildman–Crippen LogP) is 4.39. The maximum Gasteiger partial charge on any atom is 0.251 e. The molecule has 0 aliphatic heterocycles. The quantitative estimate of drug-likeness (QED) is 0.771. The maximum atomic E-state index is 12.1. The average Bonchev–Trinajstić information content (AvgIpc) is 3.07. The lowest BCUT2D eigenvalue weighted by Crippen LogP contribution is -2.22. The first-order valence-corrected chi connectivity index (χ1v) is 8.05. The molecule has 3 nitrogen and oxygen atoms in total. The molecule has 0 bridgehead atoms. The van der Waals surface area contributed by atoms with Crippen molar-refractivity contribution in [2.24, 2.45) is 0 Å². The van der Waals surface area contributed by atoms with E-state index in [0.717, 1.165) is 16.7 Å². The number of nitrogens with zero attached hydrogens (tertiary/aromatic N) is 1. The molecule has 0 atom stereocenters. The van der Waals surface area contributed by atoms with E-state index in [-0.39, 0.29) is 5.91 Å². The number of thiophene rings is 1. The summed E-state index contributed by atoms with van der Waals surface area (Å²) in [4.78, 5) is 16.3. The normalized spacial score (nSPS) is 10.4. The Kier molecular flexibility index (Phi) is 4.51. The van der Waals surface area contributed by atoms with Gasteiger partial charge in [0.05, 0.1) is 0 Å². The number of rotatable bonds is 4. The summed E-state index contributed by atoms with van der Waals surface area (Å²) in [5.74, 6) is -0.150. The van der Waals surface area contributed by atoms with Gasteiger partial charge in [0.25, 0.3) is 5.91 Å². The van der Waals surface area contributed by atoms with Gasteiger partial charge in [-0.25, -0.2) is 0 Å². The molecule has 2 heterocycles. The molecule has 1 N–H and O–H groups in total. The van der Waals surface area contributed by atoms with Crippen LogP contribution in [0.25, 0.3) is 11.1 Å². The lowest BCUT2D eigenvalue weighted by atomic mass is 10.1. The van der Waals surface area contributed by atoms with Crippen LogP contribution in [0.4, 0.5) is 0 Å². The fourth-order valence-electron chi connectivity index (χ4n) is 2.08. The summed E-state index contributed by atoms with van der Waals surface area (Å²) in [5.41, 5.74) is 3.70. The Morgan fingerprint density at radius 2 is 2.09 bits per heavy atom. The van der Waals surface area contributed by atoms with Crippen molar-refractivity contribution in [2.75, 3.05) is 0 Å². The zero-order chi connectivity index (χ0) is 15.4. The number of carbonyl (C=O) groups excluding carboxylic acids is 1. The number of pyridine rings is 1. The third kappa shape index (κ3) is 3.53. The van der Waals surface area contributed by atoms with E-state index in [9.17, 15) is 4.79 Å². The maximum absolute atomic E-state index is 12.1. The van der Waals surface area contributed by atoms with Crippen molar-refractivity contribution >= 4 is 28.8 Å². The molecule has 0 unspecified atom stereocenters. The SMILES string of the molecule is O=C(NCc1cncc(-c2ccsc2)c1)c1cccc(Cl)c1. The molecule has 5 heteroatoms. The second-order valence-corrected chi connectivity index (χ2v) is 6.00. The molecular weight excluding hydrogens is 316 g/mol. The van der Waals surface area contributed by atoms with Gasteiger partial charge in [0.1, 0.15) is 0 Å². The molecule has 0 saturated heterocycles. The predicted molar refractivity (Wildman–Crippen MR) is 90.2 cm³/mol. The molecule has 0 saturated carbocycles. The largest absolute Gasteiger partial charge is 0.348 e. The number of carbonyl (C=O) groups is 1. The van der Waals surface area contributed by atoms with Crippen LogP contribution in [-0.2, 0) is 6.54 Å². The molecule has 3 rings (SSSR count). The molecule has 0 fully saturated rings. The first kappa shape index (κ1) is 14.8. The van der Waals surface area contributed by atoms with E-state index in [0.29, 0.717) is 17.1 Å². The molecule has 0 aliphatic rings. The summed E-state index contributed by atoms with van der Waals surface area (Å²) in [6.07, 6.45) is 3.58. The number of halogens is 1. The molecule has 0 spiro atoms. The molecule has 0 radical (unpaired) electrons. The van der Waals surface area contributed by atoms with Gasteiger partial charge in [0, 0.05) is 35.1 Å². The van der Waals surface area contributed by atoms with Gasteiger partial charge in [0.15, 0.2) is 0 Å². The Morgan fingerprint density at radius 3 is 2.86 bits per heavy atom. The number of benzene rings is 1. The monoisotopic (exact) mass is 328 g/mol. The lowest BCUT2D eigenvalue weighted by molar-refractivity contribution is 0.0951. The second-order valence-electron chi connectivity index (χ2n) is 4.79. The number of hydrogen-bond donors (Lipinski definition) is 1. The van der Waals surface area contributed by atoms with Crippen molar-refractivity contribution in [3.63, 3.8) is 0 Å².